The average molecular weight is 426 g/mol. The summed E-state index contributed by atoms with van der Waals surface area (Å²) in [5, 5.41) is 5.06. The number of fused-ring (bicyclic) bond motifs is 1. The largest absolute Gasteiger partial charge is 0.282 e. The molecule has 0 radical (unpaired) electrons. The van der Waals surface area contributed by atoms with Crippen LogP contribution in [-0.4, -0.2) is 15.9 Å². The van der Waals surface area contributed by atoms with Crippen molar-refractivity contribution in [2.45, 2.75) is 46.0 Å². The summed E-state index contributed by atoms with van der Waals surface area (Å²) < 4.78 is 2.30. The molecule has 3 aromatic rings. The standard InChI is InChI=1S/C22H24BrN3O/c1-5-15(4)21-25-20-11-10-18(23)12-19(20)22(27)26(21)24-13-16-6-8-17(9-7-16)14(2)3/h6-15H,5H2,1-4H3/t15-/m0/s1. The van der Waals surface area contributed by atoms with Crippen molar-refractivity contribution in [2.75, 3.05) is 0 Å². The van der Waals surface area contributed by atoms with Gasteiger partial charge in [0.05, 0.1) is 17.1 Å². The van der Waals surface area contributed by atoms with E-state index in [0.717, 1.165) is 16.5 Å². The lowest BCUT2D eigenvalue weighted by molar-refractivity contribution is 0.613. The Morgan fingerprint density at radius 1 is 1.15 bits per heavy atom. The molecule has 140 valence electrons. The highest BCUT2D eigenvalue weighted by atomic mass is 79.9. The summed E-state index contributed by atoms with van der Waals surface area (Å²) >= 11 is 3.43. The summed E-state index contributed by atoms with van der Waals surface area (Å²) in [6, 6.07) is 13.8. The van der Waals surface area contributed by atoms with Gasteiger partial charge in [-0.3, -0.25) is 4.79 Å². The zero-order valence-electron chi connectivity index (χ0n) is 16.1. The maximum Gasteiger partial charge on any atom is 0.282 e. The van der Waals surface area contributed by atoms with Crippen LogP contribution in [0.15, 0.2) is 56.8 Å². The lowest BCUT2D eigenvalue weighted by Crippen LogP contribution is -2.23. The van der Waals surface area contributed by atoms with Gasteiger partial charge in [0.25, 0.3) is 5.56 Å². The topological polar surface area (TPSA) is 47.2 Å². The van der Waals surface area contributed by atoms with Crippen LogP contribution in [0, 0.1) is 0 Å². The molecular formula is C22H24BrN3O. The average Bonchev–Trinajstić information content (AvgIpc) is 2.67. The van der Waals surface area contributed by atoms with Gasteiger partial charge in [-0.05, 0) is 41.7 Å². The van der Waals surface area contributed by atoms with E-state index in [4.69, 9.17) is 4.98 Å². The Morgan fingerprint density at radius 3 is 2.48 bits per heavy atom. The summed E-state index contributed by atoms with van der Waals surface area (Å²) in [6.07, 6.45) is 2.61. The number of hydrogen-bond donors (Lipinski definition) is 0. The van der Waals surface area contributed by atoms with Gasteiger partial charge < -0.3 is 0 Å². The van der Waals surface area contributed by atoms with E-state index in [0.29, 0.717) is 22.6 Å². The molecule has 0 aliphatic heterocycles. The van der Waals surface area contributed by atoms with Crippen molar-refractivity contribution >= 4 is 33.0 Å². The molecule has 0 unspecified atom stereocenters. The van der Waals surface area contributed by atoms with Crippen LogP contribution in [0.1, 0.15) is 62.9 Å². The molecule has 0 saturated carbocycles. The van der Waals surface area contributed by atoms with E-state index in [1.54, 1.807) is 12.3 Å². The molecular weight excluding hydrogens is 402 g/mol. The molecule has 0 aliphatic carbocycles. The van der Waals surface area contributed by atoms with Gasteiger partial charge in [0.1, 0.15) is 5.82 Å². The fraction of sp³-hybridized carbons (Fsp3) is 0.318. The smallest absolute Gasteiger partial charge is 0.267 e. The second-order valence-corrected chi connectivity index (χ2v) is 8.04. The highest BCUT2D eigenvalue weighted by Gasteiger charge is 2.15. The van der Waals surface area contributed by atoms with Gasteiger partial charge in [0.2, 0.25) is 0 Å². The van der Waals surface area contributed by atoms with Crippen molar-refractivity contribution in [1.29, 1.82) is 0 Å². The maximum absolute atomic E-state index is 13.1. The first-order chi connectivity index (χ1) is 12.9. The highest BCUT2D eigenvalue weighted by molar-refractivity contribution is 9.10. The van der Waals surface area contributed by atoms with Gasteiger partial charge in [0, 0.05) is 10.4 Å². The van der Waals surface area contributed by atoms with Crippen molar-refractivity contribution in [3.63, 3.8) is 0 Å². The van der Waals surface area contributed by atoms with Gasteiger partial charge >= 0.3 is 0 Å². The minimum atomic E-state index is -0.147. The molecule has 0 bridgehead atoms. The summed E-state index contributed by atoms with van der Waals surface area (Å²) in [5.74, 6) is 1.30. The van der Waals surface area contributed by atoms with Crippen LogP contribution in [-0.2, 0) is 0 Å². The van der Waals surface area contributed by atoms with Gasteiger partial charge in [-0.25, -0.2) is 4.98 Å². The van der Waals surface area contributed by atoms with E-state index in [1.165, 1.54) is 10.2 Å². The number of halogens is 1. The molecule has 1 aromatic heterocycles. The fourth-order valence-electron chi connectivity index (χ4n) is 2.87. The Morgan fingerprint density at radius 2 is 1.85 bits per heavy atom. The van der Waals surface area contributed by atoms with Gasteiger partial charge in [-0.1, -0.05) is 67.9 Å². The molecule has 5 heteroatoms. The predicted octanol–water partition coefficient (Wildman–Crippen LogP) is 5.68. The lowest BCUT2D eigenvalue weighted by atomic mass is 10.0. The fourth-order valence-corrected chi connectivity index (χ4v) is 3.23. The van der Waals surface area contributed by atoms with E-state index in [9.17, 15) is 4.79 Å². The van der Waals surface area contributed by atoms with Crippen LogP contribution in [0.4, 0.5) is 0 Å². The molecule has 1 heterocycles. The minimum Gasteiger partial charge on any atom is -0.267 e. The Kier molecular flexibility index (Phi) is 5.90. The second-order valence-electron chi connectivity index (χ2n) is 7.12. The van der Waals surface area contributed by atoms with Crippen molar-refractivity contribution in [2.24, 2.45) is 5.10 Å². The number of rotatable bonds is 5. The van der Waals surface area contributed by atoms with Gasteiger partial charge in [-0.15, -0.1) is 0 Å². The zero-order chi connectivity index (χ0) is 19.6. The minimum absolute atomic E-state index is 0.131. The Labute approximate surface area is 168 Å². The molecule has 0 fully saturated rings. The molecule has 0 aliphatic rings. The van der Waals surface area contributed by atoms with Crippen molar-refractivity contribution in [3.05, 3.63) is 74.2 Å². The van der Waals surface area contributed by atoms with Gasteiger partial charge in [0.15, 0.2) is 0 Å². The summed E-state index contributed by atoms with van der Waals surface area (Å²) in [6.45, 7) is 8.48. The SMILES string of the molecule is CC[C@H](C)c1nc2ccc(Br)cc2c(=O)n1N=Cc1ccc(C(C)C)cc1. The summed E-state index contributed by atoms with van der Waals surface area (Å²) in [7, 11) is 0. The number of benzene rings is 2. The van der Waals surface area contributed by atoms with E-state index >= 15 is 0 Å². The predicted molar refractivity (Wildman–Crippen MR) is 116 cm³/mol. The monoisotopic (exact) mass is 425 g/mol. The summed E-state index contributed by atoms with van der Waals surface area (Å²) in [5.41, 5.74) is 2.79. The number of hydrogen-bond acceptors (Lipinski definition) is 3. The zero-order valence-corrected chi connectivity index (χ0v) is 17.7. The van der Waals surface area contributed by atoms with E-state index in [2.05, 4.69) is 60.9 Å². The third kappa shape index (κ3) is 4.19. The molecule has 4 nitrogen and oxygen atoms in total. The molecule has 3 rings (SSSR count). The van der Waals surface area contributed by atoms with Crippen LogP contribution in [0.25, 0.3) is 10.9 Å². The quantitative estimate of drug-likeness (QED) is 0.493. The van der Waals surface area contributed by atoms with Crippen LogP contribution >= 0.6 is 15.9 Å². The molecule has 27 heavy (non-hydrogen) atoms. The summed E-state index contributed by atoms with van der Waals surface area (Å²) in [4.78, 5) is 17.8. The Hall–Kier alpha value is -2.27. The maximum atomic E-state index is 13.1. The van der Waals surface area contributed by atoms with Crippen molar-refractivity contribution < 1.29 is 0 Å². The van der Waals surface area contributed by atoms with Gasteiger partial charge in [-0.2, -0.15) is 9.78 Å². The van der Waals surface area contributed by atoms with Crippen LogP contribution in [0.5, 0.6) is 0 Å². The highest BCUT2D eigenvalue weighted by Crippen LogP contribution is 2.21. The third-order valence-corrected chi connectivity index (χ3v) is 5.31. The molecule has 1 atom stereocenters. The second kappa shape index (κ2) is 8.17. The Balaban J connectivity index is 2.10. The van der Waals surface area contributed by atoms with Crippen molar-refractivity contribution in [3.8, 4) is 0 Å². The molecule has 0 N–H and O–H groups in total. The Bertz CT molecular complexity index is 1040. The molecule has 0 spiro atoms. The third-order valence-electron chi connectivity index (χ3n) is 4.81. The van der Waals surface area contributed by atoms with Crippen molar-refractivity contribution in [1.82, 2.24) is 9.66 Å². The molecule has 0 amide bonds. The first-order valence-corrected chi connectivity index (χ1v) is 10.1. The molecule has 0 saturated heterocycles. The van der Waals surface area contributed by atoms with E-state index in [1.807, 2.05) is 24.3 Å². The lowest BCUT2D eigenvalue weighted by Gasteiger charge is -2.14. The first-order valence-electron chi connectivity index (χ1n) is 9.27. The molecule has 2 aromatic carbocycles. The number of aromatic nitrogens is 2. The number of nitrogens with zero attached hydrogens (tertiary/aromatic N) is 3. The van der Waals surface area contributed by atoms with Crippen LogP contribution in [0.2, 0.25) is 0 Å². The van der Waals surface area contributed by atoms with E-state index in [-0.39, 0.29) is 11.5 Å². The first kappa shape index (κ1) is 19.5. The van der Waals surface area contributed by atoms with Crippen LogP contribution in [0.3, 0.4) is 0 Å². The normalized spacial score (nSPS) is 13.0. The van der Waals surface area contributed by atoms with Crippen LogP contribution < -0.4 is 5.56 Å². The van der Waals surface area contributed by atoms with E-state index < -0.39 is 0 Å².